The van der Waals surface area contributed by atoms with Crippen LogP contribution in [-0.4, -0.2) is 47.9 Å². The van der Waals surface area contributed by atoms with Crippen molar-refractivity contribution in [3.63, 3.8) is 0 Å². The van der Waals surface area contributed by atoms with E-state index in [0.717, 1.165) is 27.8 Å². The molecule has 0 saturated carbocycles. The summed E-state index contributed by atoms with van der Waals surface area (Å²) in [7, 11) is -2.09. The number of halogens is 4. The molecule has 7 aromatic rings. The zero-order valence-corrected chi connectivity index (χ0v) is 43.7. The van der Waals surface area contributed by atoms with Crippen molar-refractivity contribution in [2.75, 3.05) is 16.8 Å². The van der Waals surface area contributed by atoms with Crippen LogP contribution in [0.4, 0.5) is 33.7 Å². The van der Waals surface area contributed by atoms with Gasteiger partial charge in [0.05, 0.1) is 36.1 Å². The van der Waals surface area contributed by atoms with Crippen LogP contribution in [0.15, 0.2) is 176 Å². The summed E-state index contributed by atoms with van der Waals surface area (Å²) < 4.78 is 66.3. The van der Waals surface area contributed by atoms with Crippen molar-refractivity contribution in [2.24, 2.45) is 11.8 Å². The van der Waals surface area contributed by atoms with Crippen molar-refractivity contribution in [3.05, 3.63) is 233 Å². The van der Waals surface area contributed by atoms with E-state index in [-0.39, 0.29) is 59.4 Å². The van der Waals surface area contributed by atoms with Crippen LogP contribution in [0.1, 0.15) is 89.4 Å². The quantitative estimate of drug-likeness (QED) is 0.0440. The van der Waals surface area contributed by atoms with Crippen LogP contribution in [0.25, 0.3) is 0 Å². The van der Waals surface area contributed by atoms with E-state index in [1.54, 1.807) is 65.6 Å². The number of amides is 3. The molecule has 0 spiro atoms. The van der Waals surface area contributed by atoms with E-state index in [0.29, 0.717) is 42.6 Å². The highest BCUT2D eigenvalue weighted by atomic mass is 28.4. The number of β-lactam (4-membered cyclic amide) rings is 1. The number of aliphatic hydroxyl groups excluding tert-OH is 1. The summed E-state index contributed by atoms with van der Waals surface area (Å²) in [6.45, 7) is 8.30. The van der Waals surface area contributed by atoms with E-state index in [1.807, 2.05) is 61.5 Å². The maximum Gasteiger partial charge on any atom is 0.417 e. The second-order valence-electron chi connectivity index (χ2n) is 20.2. The monoisotopic (exact) mass is 1050 g/mol. The van der Waals surface area contributed by atoms with Gasteiger partial charge in [-0.3, -0.25) is 9.59 Å². The number of hydrogen-bond donors (Lipinski definition) is 3. The van der Waals surface area contributed by atoms with Crippen molar-refractivity contribution in [2.45, 2.75) is 82.6 Å². The number of nitrogens with zero attached hydrogens (tertiary/aromatic N) is 2. The minimum absolute atomic E-state index is 0.0544. The molecule has 0 radical (unpaired) electrons. The average Bonchev–Trinajstić information content (AvgIpc) is 3.80. The molecule has 0 aliphatic carbocycles. The lowest BCUT2D eigenvalue weighted by Gasteiger charge is -2.48. The molecule has 3 N–H and O–H groups in total. The van der Waals surface area contributed by atoms with E-state index in [4.69, 9.17) is 9.16 Å². The lowest BCUT2D eigenvalue weighted by Crippen LogP contribution is -2.55. The summed E-state index contributed by atoms with van der Waals surface area (Å²) in [5.41, 5.74) is 6.16. The molecular weight excluding hydrogens is 991 g/mol. The molecule has 2 aliphatic rings. The van der Waals surface area contributed by atoms with Gasteiger partial charge in [0.2, 0.25) is 11.8 Å². The number of imide groups is 1. The molecule has 2 saturated heterocycles. The van der Waals surface area contributed by atoms with Gasteiger partial charge in [-0.15, -0.1) is 0 Å². The normalized spacial score (nSPS) is 17.9. The Hall–Kier alpha value is -7.59. The van der Waals surface area contributed by atoms with Gasteiger partial charge >= 0.3 is 6.09 Å². The first kappa shape index (κ1) is 54.7. The Bertz CT molecular complexity index is 3040. The van der Waals surface area contributed by atoms with Crippen LogP contribution >= 0.6 is 0 Å². The smallest absolute Gasteiger partial charge is 0.417 e. The fraction of sp³-hybridized carbons (Fsp3) is 0.262. The fourth-order valence-electron chi connectivity index (χ4n) is 9.80. The molecule has 7 aromatic carbocycles. The van der Waals surface area contributed by atoms with E-state index in [9.17, 15) is 42.2 Å². The topological polar surface area (TPSA) is 129 Å². The first-order valence-electron chi connectivity index (χ1n) is 25.3. The summed E-state index contributed by atoms with van der Waals surface area (Å²) in [6, 6.07) is 46.0. The highest BCUT2D eigenvalue weighted by molar-refractivity contribution is 6.69. The van der Waals surface area contributed by atoms with Crippen LogP contribution in [0, 0.1) is 42.0 Å². The number of phenolic OH excluding ortho intramolecular Hbond substituents is 1. The number of carbonyl (C=O) groups excluding carboxylic acids is 3. The van der Waals surface area contributed by atoms with Gasteiger partial charge < -0.3 is 29.6 Å². The number of hydrogen-bond acceptors (Lipinski definition) is 8. The van der Waals surface area contributed by atoms with Crippen LogP contribution < -0.4 is 10.2 Å². The van der Waals surface area contributed by atoms with E-state index in [2.05, 4.69) is 25.0 Å². The third-order valence-electron chi connectivity index (χ3n) is 13.7. The zero-order valence-electron chi connectivity index (χ0n) is 42.7. The Morgan fingerprint density at radius 3 is 1.79 bits per heavy atom. The number of cyclic esters (lactones) is 1. The second kappa shape index (κ2) is 24.4. The van der Waals surface area contributed by atoms with Gasteiger partial charge in [-0.25, -0.2) is 27.3 Å². The van der Waals surface area contributed by atoms with Crippen molar-refractivity contribution in [1.82, 2.24) is 4.90 Å². The standard InChI is InChI=1S/C37H40F2N2O4Si.C24H21F2NO3/c1-25-10-12-28(13-11-25)35(40-31-20-18-30(39)19-21-31)32(22-23-34(45-46(2,3)4)27-14-16-29(38)17-15-27)36(42)41-33(24-44-37(41)43)26-8-6-5-7-9-26;25-17-5-1-15(2-6-17)22(29)14-13-21-23(16-3-11-20(28)12-4-16)27(24(21)30)19-9-7-18(26)8-10-19/h5-21,32-35,40H,22-24H2,1-4H3;1-12,21-23,28-29H,13-14H2/t32-,33-,34+,35+;21-,22+,23-/m11/s1. The largest absolute Gasteiger partial charge is 0.508 e. The van der Waals surface area contributed by atoms with Gasteiger partial charge in [0.25, 0.3) is 0 Å². The first-order valence-corrected chi connectivity index (χ1v) is 28.7. The summed E-state index contributed by atoms with van der Waals surface area (Å²) in [5.74, 6) is -2.97. The Balaban J connectivity index is 0.000000220. The SMILES string of the molecule is Cc1ccc([C@H](Nc2ccc(F)cc2)[C@@H](CC[C@H](O[Si](C)(C)C)c2ccc(F)cc2)C(=O)N2C(=O)OC[C@@H]2c2ccccc2)cc1.O=C1[C@H](CC[C@H](O)c2ccc(F)cc2)[C@@H](c2ccc(O)cc2)N1c1ccc(F)cc1. The van der Waals surface area contributed by atoms with Crippen LogP contribution in [0.2, 0.25) is 19.6 Å². The minimum atomic E-state index is -2.09. The van der Waals surface area contributed by atoms with E-state index < -0.39 is 44.6 Å². The van der Waals surface area contributed by atoms with Crippen molar-refractivity contribution in [3.8, 4) is 5.75 Å². The molecule has 2 heterocycles. The molecule has 9 rings (SSSR count). The van der Waals surface area contributed by atoms with Gasteiger partial charge in [-0.2, -0.15) is 0 Å². The van der Waals surface area contributed by atoms with Gasteiger partial charge in [0, 0.05) is 11.4 Å². The molecule has 0 unspecified atom stereocenters. The van der Waals surface area contributed by atoms with Crippen molar-refractivity contribution >= 4 is 37.6 Å². The molecule has 76 heavy (non-hydrogen) atoms. The first-order chi connectivity index (χ1) is 36.4. The number of carbonyl (C=O) groups is 3. The summed E-state index contributed by atoms with van der Waals surface area (Å²) in [4.78, 5) is 43.8. The Labute approximate surface area is 441 Å². The molecule has 7 atom stereocenters. The highest BCUT2D eigenvalue weighted by Gasteiger charge is 2.49. The molecular formula is C61H61F4N3O7Si. The van der Waals surface area contributed by atoms with Gasteiger partial charge in [-0.1, -0.05) is 96.6 Å². The molecule has 0 bridgehead atoms. The maximum absolute atomic E-state index is 14.8. The van der Waals surface area contributed by atoms with Gasteiger partial charge in [0.15, 0.2) is 8.32 Å². The molecule has 394 valence electrons. The average molecular weight is 1050 g/mol. The number of aryl methyl sites for hydroxylation is 1. The molecule has 2 aliphatic heterocycles. The third kappa shape index (κ3) is 13.6. The number of rotatable bonds is 18. The number of aliphatic hydroxyl groups is 1. The number of aromatic hydroxyl groups is 1. The molecule has 2 fully saturated rings. The number of phenols is 1. The molecule has 0 aromatic heterocycles. The third-order valence-corrected chi connectivity index (χ3v) is 14.6. The number of nitrogens with one attached hydrogen (secondary N) is 1. The van der Waals surface area contributed by atoms with Crippen LogP contribution in [-0.2, 0) is 18.8 Å². The second-order valence-corrected chi connectivity index (χ2v) is 24.6. The Morgan fingerprint density at radius 1 is 0.671 bits per heavy atom. The van der Waals surface area contributed by atoms with Gasteiger partial charge in [-0.05, 0) is 165 Å². The van der Waals surface area contributed by atoms with Gasteiger partial charge in [0.1, 0.15) is 41.7 Å². The summed E-state index contributed by atoms with van der Waals surface area (Å²) in [5, 5.41) is 23.5. The zero-order chi connectivity index (χ0) is 54.1. The number of ether oxygens (including phenoxy) is 1. The molecule has 15 heteroatoms. The maximum atomic E-state index is 14.8. The molecule has 10 nitrogen and oxygen atoms in total. The Morgan fingerprint density at radius 2 is 1.21 bits per heavy atom. The Kier molecular flexibility index (Phi) is 17.5. The van der Waals surface area contributed by atoms with Crippen molar-refractivity contribution < 1.29 is 51.3 Å². The predicted molar refractivity (Wildman–Crippen MR) is 286 cm³/mol. The highest BCUT2D eigenvalue weighted by Crippen LogP contribution is 2.47. The van der Waals surface area contributed by atoms with E-state index >= 15 is 0 Å². The fourth-order valence-corrected chi connectivity index (χ4v) is 10.9. The lowest BCUT2D eigenvalue weighted by molar-refractivity contribution is -0.134. The minimum Gasteiger partial charge on any atom is -0.508 e. The van der Waals surface area contributed by atoms with Crippen molar-refractivity contribution in [1.29, 1.82) is 0 Å². The van der Waals surface area contributed by atoms with Crippen LogP contribution in [0.5, 0.6) is 5.75 Å². The molecule has 3 amide bonds. The lowest BCUT2D eigenvalue weighted by atomic mass is 9.78. The van der Waals surface area contributed by atoms with E-state index in [1.165, 1.54) is 65.6 Å². The predicted octanol–water partition coefficient (Wildman–Crippen LogP) is 14.0. The summed E-state index contributed by atoms with van der Waals surface area (Å²) >= 11 is 0. The summed E-state index contributed by atoms with van der Waals surface area (Å²) in [6.07, 6.45) is -0.376. The number of anilines is 2. The van der Waals surface area contributed by atoms with Crippen LogP contribution in [0.3, 0.4) is 0 Å². The number of benzene rings is 7.